The van der Waals surface area contributed by atoms with E-state index in [0.717, 1.165) is 88.9 Å². The van der Waals surface area contributed by atoms with Gasteiger partial charge < -0.3 is 52.8 Å². The fourth-order valence-electron chi connectivity index (χ4n) is 11.7. The Morgan fingerprint density at radius 2 is 0.814 bits per heavy atom. The van der Waals surface area contributed by atoms with E-state index in [4.69, 9.17) is 26.7 Å². The normalized spacial score (nSPS) is 13.7. The Hall–Kier alpha value is -4.96. The van der Waals surface area contributed by atoms with E-state index in [1.807, 2.05) is 0 Å². The number of carbonyl (C=O) groups is 11. The van der Waals surface area contributed by atoms with Gasteiger partial charge in [0.05, 0.1) is 30.5 Å². The summed E-state index contributed by atoms with van der Waals surface area (Å²) in [5.74, 6) is -9.93. The Kier molecular flexibility index (Phi) is 56.8. The van der Waals surface area contributed by atoms with Crippen molar-refractivity contribution in [3.63, 3.8) is 0 Å². The lowest BCUT2D eigenvalue weighted by Gasteiger charge is -2.24. The van der Waals surface area contributed by atoms with Crippen LogP contribution in [-0.4, -0.2) is 131 Å². The zero-order valence-corrected chi connectivity index (χ0v) is 62.2. The molecular weight excluding hydrogens is 1260 g/mol. The van der Waals surface area contributed by atoms with Crippen LogP contribution in [0.15, 0.2) is 0 Å². The fourth-order valence-corrected chi connectivity index (χ4v) is 12.8. The van der Waals surface area contributed by atoms with Crippen molar-refractivity contribution in [2.24, 2.45) is 52.7 Å². The van der Waals surface area contributed by atoms with E-state index in [0.29, 0.717) is 44.6 Å². The minimum atomic E-state index is -1.69. The molecule has 0 aromatic heterocycles. The van der Waals surface area contributed by atoms with Crippen LogP contribution < -0.4 is 33.2 Å². The topological polar surface area (TPSA) is 361 Å². The van der Waals surface area contributed by atoms with Crippen molar-refractivity contribution in [3.8, 4) is 0 Å². The highest BCUT2D eigenvalue weighted by Crippen LogP contribution is 2.23. The number of Topliss-reactive ketones (excluding diaryl/α,β-unsaturated/α-hetero) is 3. The molecule has 0 bridgehead atoms. The molecule has 5 amide bonds. The summed E-state index contributed by atoms with van der Waals surface area (Å²) in [4.78, 5) is 146. The number of aliphatic hydroxyl groups is 1. The van der Waals surface area contributed by atoms with Crippen LogP contribution in [0.3, 0.4) is 0 Å². The van der Waals surface area contributed by atoms with Crippen LogP contribution in [0.25, 0.3) is 0 Å². The molecule has 0 radical (unpaired) electrons. The molecule has 562 valence electrons. The molecule has 0 saturated carbocycles. The third kappa shape index (κ3) is 53.6. The van der Waals surface area contributed by atoms with Crippen molar-refractivity contribution in [2.75, 3.05) is 31.3 Å². The van der Waals surface area contributed by atoms with Gasteiger partial charge in [-0.3, -0.25) is 52.7 Å². The first-order chi connectivity index (χ1) is 46.3. The summed E-state index contributed by atoms with van der Waals surface area (Å²) >= 11 is 1.17. The minimum absolute atomic E-state index is 0.0734. The molecule has 0 aromatic carbocycles. The number of carboxylic acids is 1. The zero-order valence-electron chi connectivity index (χ0n) is 61.3. The van der Waals surface area contributed by atoms with E-state index in [1.54, 1.807) is 0 Å². The number of unbranched alkanes of at least 4 members (excludes halogenated alkanes) is 25. The number of nitrogens with two attached hydrogens (primary N) is 3. The molecular formula is C75H136N6O15S. The number of carbonyl (C=O) groups excluding carboxylic acids is 10. The fraction of sp³-hybridized carbons (Fsp3) is 0.853. The van der Waals surface area contributed by atoms with Crippen molar-refractivity contribution in [2.45, 2.75) is 342 Å². The number of thioether (sulfide) groups is 1. The van der Waals surface area contributed by atoms with Gasteiger partial charge in [-0.05, 0) is 69.7 Å². The summed E-state index contributed by atoms with van der Waals surface area (Å²) in [5, 5.41) is 27.9. The van der Waals surface area contributed by atoms with Crippen molar-refractivity contribution < 1.29 is 72.4 Å². The van der Waals surface area contributed by atoms with Gasteiger partial charge >= 0.3 is 17.9 Å². The second-order valence-corrected chi connectivity index (χ2v) is 29.7. The standard InChI is InChI=1S/C75H136N6O15S/c1-55(2)37-29-23-17-11-8-14-20-26-32-41-70(88)80-64(54-97-53-62(96-72(90)43-34-28-22-16-10-13-19-25-31-39-57(5)6)52-95-71(89)42-33-27-21-15-9-12-18-24-30-38-56(3)4)67(85)49-61(50-69(78)87)74(92)81-63(51-82)66(84)47-59(44-45-68(77)86)73(91)79-58(7)65(83)48-60(75(93)94)40-35-36-46-76/h55-64,82H,8-54,76H2,1-7H3,(H2,77,86)(H2,78,87)(H,79,91)(H,80,88)(H,81,92)(H,93,94)/t58-,59+,60+,61-,62?,63-,64-/m0/s1. The van der Waals surface area contributed by atoms with Crippen LogP contribution in [-0.2, 0) is 62.2 Å². The van der Waals surface area contributed by atoms with Crippen LogP contribution in [0.4, 0.5) is 0 Å². The van der Waals surface area contributed by atoms with Crippen molar-refractivity contribution >= 4 is 76.6 Å². The molecule has 0 fully saturated rings. The maximum absolute atomic E-state index is 14.5. The van der Waals surface area contributed by atoms with Gasteiger partial charge in [0.25, 0.3) is 0 Å². The highest BCUT2D eigenvalue weighted by molar-refractivity contribution is 7.99. The molecule has 0 saturated heterocycles. The first-order valence-corrected chi connectivity index (χ1v) is 39.0. The summed E-state index contributed by atoms with van der Waals surface area (Å²) in [7, 11) is 0. The number of esters is 2. The van der Waals surface area contributed by atoms with Gasteiger partial charge in [-0.2, -0.15) is 11.8 Å². The number of nitrogens with one attached hydrogen (secondary N) is 3. The smallest absolute Gasteiger partial charge is 0.306 e. The average Bonchev–Trinajstić information content (AvgIpc) is 0.994. The monoisotopic (exact) mass is 1390 g/mol. The molecule has 22 heteroatoms. The lowest BCUT2D eigenvalue weighted by molar-refractivity contribution is -0.157. The van der Waals surface area contributed by atoms with Crippen molar-refractivity contribution in [1.82, 2.24) is 16.0 Å². The Balaban J connectivity index is 6.46. The number of ketones is 3. The number of amides is 5. The Morgan fingerprint density at radius 1 is 0.402 bits per heavy atom. The second kappa shape index (κ2) is 59.9. The van der Waals surface area contributed by atoms with E-state index in [9.17, 15) is 63.0 Å². The number of carboxylic acid groups (broad SMARTS) is 1. The molecule has 7 atom stereocenters. The van der Waals surface area contributed by atoms with Gasteiger partial charge in [-0.25, -0.2) is 0 Å². The van der Waals surface area contributed by atoms with Crippen LogP contribution in [0.2, 0.25) is 0 Å². The largest absolute Gasteiger partial charge is 0.481 e. The third-order valence-corrected chi connectivity index (χ3v) is 19.1. The lowest BCUT2D eigenvalue weighted by atomic mass is 9.91. The molecule has 0 heterocycles. The van der Waals surface area contributed by atoms with Crippen LogP contribution in [0.1, 0.15) is 318 Å². The summed E-state index contributed by atoms with van der Waals surface area (Å²) in [6, 6.07) is -4.12. The third-order valence-electron chi connectivity index (χ3n) is 17.9. The highest BCUT2D eigenvalue weighted by atomic mass is 32.2. The van der Waals surface area contributed by atoms with E-state index in [1.165, 1.54) is 115 Å². The average molecular weight is 1390 g/mol. The van der Waals surface area contributed by atoms with Crippen LogP contribution >= 0.6 is 11.8 Å². The molecule has 0 aliphatic carbocycles. The zero-order chi connectivity index (χ0) is 72.6. The molecule has 97 heavy (non-hydrogen) atoms. The maximum Gasteiger partial charge on any atom is 0.306 e. The van der Waals surface area contributed by atoms with E-state index < -0.39 is 133 Å². The number of aliphatic carboxylic acids is 1. The molecule has 0 rings (SSSR count). The summed E-state index contributed by atoms with van der Waals surface area (Å²) in [6.07, 6.45) is 30.3. The van der Waals surface area contributed by atoms with Crippen LogP contribution in [0, 0.1) is 35.5 Å². The molecule has 0 spiro atoms. The molecule has 0 aromatic rings. The first-order valence-electron chi connectivity index (χ1n) is 37.8. The van der Waals surface area contributed by atoms with Gasteiger partial charge in [0.15, 0.2) is 17.3 Å². The Bertz CT molecular complexity index is 2200. The summed E-state index contributed by atoms with van der Waals surface area (Å²) < 4.78 is 11.7. The minimum Gasteiger partial charge on any atom is -0.481 e. The molecule has 0 aliphatic rings. The number of hydrogen-bond acceptors (Lipinski definition) is 16. The van der Waals surface area contributed by atoms with Gasteiger partial charge in [0, 0.05) is 68.8 Å². The first kappa shape index (κ1) is 92.0. The molecule has 1 unspecified atom stereocenters. The Labute approximate surface area is 588 Å². The highest BCUT2D eigenvalue weighted by Gasteiger charge is 2.34. The van der Waals surface area contributed by atoms with Crippen molar-refractivity contribution in [1.29, 1.82) is 0 Å². The predicted octanol–water partition coefficient (Wildman–Crippen LogP) is 12.6. The molecule has 0 aliphatic heterocycles. The lowest BCUT2D eigenvalue weighted by Crippen LogP contribution is -2.49. The number of hydrogen-bond donors (Lipinski definition) is 8. The summed E-state index contributed by atoms with van der Waals surface area (Å²) in [5.41, 5.74) is 16.6. The SMILES string of the molecule is CC(C)CCCCCCCCCCCC(=O)N[C@@H](CSCC(COC(=O)CCCCCCCCCCCC(C)C)OC(=O)CCCCCCCCCCCC(C)C)C(=O)C[C@@H](CC(N)=O)C(=O)N[C@@H](CO)C(=O)C[C@@H](CCC(N)=O)C(=O)N[C@@H](C)C(=O)C[C@@H](CCCCN)C(=O)O. The number of ether oxygens (including phenoxy) is 2. The summed E-state index contributed by atoms with van der Waals surface area (Å²) in [6.45, 7) is 14.0. The second-order valence-electron chi connectivity index (χ2n) is 28.7. The van der Waals surface area contributed by atoms with Gasteiger partial charge in [-0.15, -0.1) is 0 Å². The van der Waals surface area contributed by atoms with Crippen molar-refractivity contribution in [3.05, 3.63) is 0 Å². The maximum atomic E-state index is 14.5. The quantitative estimate of drug-likeness (QED) is 0.0207. The molecule has 21 nitrogen and oxygen atoms in total. The van der Waals surface area contributed by atoms with Gasteiger partial charge in [0.1, 0.15) is 18.8 Å². The molecule has 11 N–H and O–H groups in total. The predicted molar refractivity (Wildman–Crippen MR) is 386 cm³/mol. The van der Waals surface area contributed by atoms with Gasteiger partial charge in [0.2, 0.25) is 29.5 Å². The van der Waals surface area contributed by atoms with Gasteiger partial charge in [-0.1, -0.05) is 221 Å². The van der Waals surface area contributed by atoms with E-state index in [2.05, 4.69) is 57.5 Å². The van der Waals surface area contributed by atoms with E-state index >= 15 is 0 Å². The number of rotatable bonds is 68. The van der Waals surface area contributed by atoms with Crippen LogP contribution in [0.5, 0.6) is 0 Å². The van der Waals surface area contributed by atoms with E-state index in [-0.39, 0.29) is 63.1 Å². The Morgan fingerprint density at radius 3 is 1.26 bits per heavy atom. The number of aliphatic hydroxyl groups excluding tert-OH is 1. The number of primary amides is 2.